The van der Waals surface area contributed by atoms with Crippen molar-refractivity contribution in [3.05, 3.63) is 33.3 Å². The van der Waals surface area contributed by atoms with E-state index in [2.05, 4.69) is 21.4 Å². The SMILES string of the molecule is NC(=O)NNC(=O)c1cc(Cl)ccc1Br. The van der Waals surface area contributed by atoms with Crippen LogP contribution in [0, 0.1) is 0 Å². The smallest absolute Gasteiger partial charge is 0.330 e. The average Bonchev–Trinajstić information content (AvgIpc) is 2.18. The van der Waals surface area contributed by atoms with Gasteiger partial charge in [0.15, 0.2) is 0 Å². The Morgan fingerprint density at radius 1 is 1.33 bits per heavy atom. The van der Waals surface area contributed by atoms with Crippen molar-refractivity contribution in [2.75, 3.05) is 0 Å². The van der Waals surface area contributed by atoms with Gasteiger partial charge >= 0.3 is 6.03 Å². The molecule has 1 rings (SSSR count). The molecule has 0 spiro atoms. The molecule has 0 radical (unpaired) electrons. The van der Waals surface area contributed by atoms with Gasteiger partial charge in [0.05, 0.1) is 5.56 Å². The number of hydrazine groups is 1. The summed E-state index contributed by atoms with van der Waals surface area (Å²) in [6.07, 6.45) is 0. The Bertz CT molecular complexity index is 411. The van der Waals surface area contributed by atoms with Crippen molar-refractivity contribution < 1.29 is 9.59 Å². The van der Waals surface area contributed by atoms with Gasteiger partial charge in [0, 0.05) is 9.50 Å². The quantitative estimate of drug-likeness (QED) is 0.684. The molecule has 0 unspecified atom stereocenters. The normalized spacial score (nSPS) is 9.47. The van der Waals surface area contributed by atoms with Gasteiger partial charge in [-0.3, -0.25) is 10.2 Å². The number of primary amides is 1. The molecule has 4 N–H and O–H groups in total. The first kappa shape index (κ1) is 11.8. The second-order valence-corrected chi connectivity index (χ2v) is 3.86. The molecule has 0 aliphatic rings. The van der Waals surface area contributed by atoms with Crippen molar-refractivity contribution in [1.82, 2.24) is 10.9 Å². The largest absolute Gasteiger partial charge is 0.350 e. The van der Waals surface area contributed by atoms with E-state index in [0.29, 0.717) is 15.1 Å². The molecule has 80 valence electrons. The Kier molecular flexibility index (Phi) is 3.93. The van der Waals surface area contributed by atoms with Gasteiger partial charge in [-0.15, -0.1) is 0 Å². The predicted octanol–water partition coefficient (Wildman–Crippen LogP) is 1.42. The number of urea groups is 1. The third-order valence-corrected chi connectivity index (χ3v) is 2.40. The zero-order valence-corrected chi connectivity index (χ0v) is 9.72. The van der Waals surface area contributed by atoms with E-state index >= 15 is 0 Å². The van der Waals surface area contributed by atoms with E-state index in [9.17, 15) is 9.59 Å². The first-order valence-electron chi connectivity index (χ1n) is 3.81. The Morgan fingerprint density at radius 3 is 2.60 bits per heavy atom. The fourth-order valence-electron chi connectivity index (χ4n) is 0.857. The Hall–Kier alpha value is -1.27. The van der Waals surface area contributed by atoms with Gasteiger partial charge in [-0.2, -0.15) is 0 Å². The van der Waals surface area contributed by atoms with Crippen LogP contribution in [0.4, 0.5) is 4.79 Å². The molecule has 15 heavy (non-hydrogen) atoms. The highest BCUT2D eigenvalue weighted by Gasteiger charge is 2.10. The Balaban J connectivity index is 2.81. The third-order valence-electron chi connectivity index (χ3n) is 1.47. The lowest BCUT2D eigenvalue weighted by Gasteiger charge is -2.06. The number of nitrogens with one attached hydrogen (secondary N) is 2. The van der Waals surface area contributed by atoms with Crippen LogP contribution in [0.1, 0.15) is 10.4 Å². The Labute approximate surface area is 99.1 Å². The maximum Gasteiger partial charge on any atom is 0.330 e. The summed E-state index contributed by atoms with van der Waals surface area (Å²) in [4.78, 5) is 21.8. The highest BCUT2D eigenvalue weighted by atomic mass is 79.9. The lowest BCUT2D eigenvalue weighted by Crippen LogP contribution is -2.44. The molecule has 0 saturated heterocycles. The van der Waals surface area contributed by atoms with Crippen LogP contribution >= 0.6 is 27.5 Å². The summed E-state index contributed by atoms with van der Waals surface area (Å²) in [5.74, 6) is -0.511. The van der Waals surface area contributed by atoms with Crippen LogP contribution in [-0.2, 0) is 0 Å². The van der Waals surface area contributed by atoms with Crippen LogP contribution in [0.25, 0.3) is 0 Å². The third kappa shape index (κ3) is 3.41. The lowest BCUT2D eigenvalue weighted by molar-refractivity contribution is 0.0936. The monoisotopic (exact) mass is 291 g/mol. The molecule has 0 aliphatic carbocycles. The summed E-state index contributed by atoms with van der Waals surface area (Å²) in [5, 5.41) is 0.419. The number of rotatable bonds is 1. The number of carbonyl (C=O) groups excluding carboxylic acids is 2. The van der Waals surface area contributed by atoms with E-state index in [1.165, 1.54) is 6.07 Å². The second-order valence-electron chi connectivity index (χ2n) is 2.57. The number of amides is 3. The van der Waals surface area contributed by atoms with Gasteiger partial charge in [0.1, 0.15) is 0 Å². The molecule has 3 amide bonds. The molecular weight excluding hydrogens is 285 g/mol. The molecule has 0 aliphatic heterocycles. The zero-order chi connectivity index (χ0) is 11.4. The summed E-state index contributed by atoms with van der Waals surface area (Å²) in [5.41, 5.74) is 9.17. The number of benzene rings is 1. The molecule has 0 atom stereocenters. The first-order chi connectivity index (χ1) is 7.00. The highest BCUT2D eigenvalue weighted by molar-refractivity contribution is 9.10. The molecule has 0 heterocycles. The van der Waals surface area contributed by atoms with E-state index < -0.39 is 11.9 Å². The van der Waals surface area contributed by atoms with Gasteiger partial charge in [-0.25, -0.2) is 10.2 Å². The van der Waals surface area contributed by atoms with Crippen LogP contribution in [0.15, 0.2) is 22.7 Å². The maximum absolute atomic E-state index is 11.5. The van der Waals surface area contributed by atoms with Crippen molar-refractivity contribution in [3.63, 3.8) is 0 Å². The topological polar surface area (TPSA) is 84.2 Å². The number of halogens is 2. The number of hydrogen-bond acceptors (Lipinski definition) is 2. The van der Waals surface area contributed by atoms with Crippen LogP contribution in [0.3, 0.4) is 0 Å². The molecule has 1 aromatic carbocycles. The summed E-state index contributed by atoms with van der Waals surface area (Å²) >= 11 is 8.89. The van der Waals surface area contributed by atoms with Gasteiger partial charge in [0.2, 0.25) is 0 Å². The molecular formula is C8H7BrClN3O2. The first-order valence-corrected chi connectivity index (χ1v) is 4.98. The van der Waals surface area contributed by atoms with Crippen molar-refractivity contribution in [1.29, 1.82) is 0 Å². The minimum Gasteiger partial charge on any atom is -0.350 e. The lowest BCUT2D eigenvalue weighted by atomic mass is 10.2. The van der Waals surface area contributed by atoms with E-state index in [1.54, 1.807) is 12.1 Å². The molecule has 7 heteroatoms. The van der Waals surface area contributed by atoms with Crippen LogP contribution in [0.5, 0.6) is 0 Å². The molecule has 0 bridgehead atoms. The number of hydrogen-bond donors (Lipinski definition) is 3. The van der Waals surface area contributed by atoms with Crippen LogP contribution < -0.4 is 16.6 Å². The maximum atomic E-state index is 11.5. The minimum absolute atomic E-state index is 0.302. The summed E-state index contributed by atoms with van der Waals surface area (Å²) in [7, 11) is 0. The number of nitrogens with two attached hydrogens (primary N) is 1. The minimum atomic E-state index is -0.846. The molecule has 0 saturated carbocycles. The summed E-state index contributed by atoms with van der Waals surface area (Å²) in [6, 6.07) is 3.87. The fourth-order valence-corrected chi connectivity index (χ4v) is 1.46. The average molecular weight is 293 g/mol. The van der Waals surface area contributed by atoms with Crippen molar-refractivity contribution in [2.24, 2.45) is 5.73 Å². The standard InChI is InChI=1S/C8H7BrClN3O2/c9-6-2-1-4(10)3-5(6)7(14)12-13-8(11)15/h1-3H,(H,12,14)(H3,11,13,15). The van der Waals surface area contributed by atoms with Crippen LogP contribution in [0.2, 0.25) is 5.02 Å². The van der Waals surface area contributed by atoms with Gasteiger partial charge in [-0.1, -0.05) is 11.6 Å². The van der Waals surface area contributed by atoms with E-state index in [0.717, 1.165) is 0 Å². The van der Waals surface area contributed by atoms with Gasteiger partial charge in [-0.05, 0) is 34.1 Å². The zero-order valence-electron chi connectivity index (χ0n) is 7.38. The molecule has 0 fully saturated rings. The van der Waals surface area contributed by atoms with E-state index in [-0.39, 0.29) is 0 Å². The van der Waals surface area contributed by atoms with Crippen LogP contribution in [-0.4, -0.2) is 11.9 Å². The van der Waals surface area contributed by atoms with Crippen molar-refractivity contribution in [2.45, 2.75) is 0 Å². The Morgan fingerprint density at radius 2 is 2.00 bits per heavy atom. The summed E-state index contributed by atoms with van der Waals surface area (Å²) < 4.78 is 0.565. The summed E-state index contributed by atoms with van der Waals surface area (Å²) in [6.45, 7) is 0. The number of carbonyl (C=O) groups is 2. The van der Waals surface area contributed by atoms with Gasteiger partial charge < -0.3 is 5.73 Å². The van der Waals surface area contributed by atoms with Crippen molar-refractivity contribution >= 4 is 39.5 Å². The van der Waals surface area contributed by atoms with Gasteiger partial charge in [0.25, 0.3) is 5.91 Å². The highest BCUT2D eigenvalue weighted by Crippen LogP contribution is 2.20. The molecule has 1 aromatic rings. The predicted molar refractivity (Wildman–Crippen MR) is 59.3 cm³/mol. The second kappa shape index (κ2) is 4.99. The molecule has 5 nitrogen and oxygen atoms in total. The van der Waals surface area contributed by atoms with E-state index in [4.69, 9.17) is 17.3 Å². The fraction of sp³-hybridized carbons (Fsp3) is 0. The van der Waals surface area contributed by atoms with Crippen molar-refractivity contribution in [3.8, 4) is 0 Å². The van der Waals surface area contributed by atoms with E-state index in [1.807, 2.05) is 5.43 Å². The molecule has 0 aromatic heterocycles.